The highest BCUT2D eigenvalue weighted by atomic mass is 32.1. The summed E-state index contributed by atoms with van der Waals surface area (Å²) in [6, 6.07) is 18.0. The van der Waals surface area contributed by atoms with Crippen LogP contribution in [0.15, 0.2) is 65.4 Å². The molecule has 4 nitrogen and oxygen atoms in total. The Balaban J connectivity index is 1.30. The molecule has 0 fully saturated rings. The molecule has 3 N–H and O–H groups in total. The van der Waals surface area contributed by atoms with Crippen LogP contribution >= 0.6 is 23.6 Å². The molecule has 0 saturated carbocycles. The van der Waals surface area contributed by atoms with Crippen LogP contribution in [0.5, 0.6) is 11.5 Å². The van der Waals surface area contributed by atoms with Crippen molar-refractivity contribution in [2.24, 2.45) is 5.73 Å². The molecule has 0 saturated heterocycles. The lowest BCUT2D eigenvalue weighted by Gasteiger charge is -2.09. The van der Waals surface area contributed by atoms with Crippen molar-refractivity contribution in [3.05, 3.63) is 65.4 Å². The number of thiophene rings is 1. The average molecular weight is 413 g/mol. The molecular formula is C22H24N2O2S2. The van der Waals surface area contributed by atoms with Crippen LogP contribution in [-0.2, 0) is 0 Å². The first-order chi connectivity index (χ1) is 13.7. The lowest BCUT2D eigenvalue weighted by Crippen LogP contribution is -2.18. The zero-order chi connectivity index (χ0) is 19.6. The molecule has 3 rings (SSSR count). The summed E-state index contributed by atoms with van der Waals surface area (Å²) in [5, 5.41) is 7.39. The van der Waals surface area contributed by atoms with E-state index in [9.17, 15) is 0 Å². The monoisotopic (exact) mass is 412 g/mol. The number of nitrogens with two attached hydrogens (primary N) is 1. The van der Waals surface area contributed by atoms with Crippen LogP contribution in [0.1, 0.15) is 19.3 Å². The van der Waals surface area contributed by atoms with Gasteiger partial charge in [0.2, 0.25) is 0 Å². The smallest absolute Gasteiger partial charge is 0.168 e. The fourth-order valence-corrected chi connectivity index (χ4v) is 3.52. The molecule has 0 unspecified atom stereocenters. The van der Waals surface area contributed by atoms with Gasteiger partial charge in [-0.1, -0.05) is 18.2 Å². The second-order valence-corrected chi connectivity index (χ2v) is 7.53. The summed E-state index contributed by atoms with van der Waals surface area (Å²) in [5.74, 6) is 1.72. The van der Waals surface area contributed by atoms with Crippen molar-refractivity contribution in [1.82, 2.24) is 0 Å². The Morgan fingerprint density at radius 3 is 2.32 bits per heavy atom. The standard InChI is InChI=1S/C22H24N2O2S2/c23-22(27)24-19-5-4-6-21(15-19)26-13-3-1-2-12-25-20-9-7-17(8-10-20)18-11-14-28-16-18/h4-11,14-16H,1-3,12-13H2,(H3,23,24,27). The average Bonchev–Trinajstić information content (AvgIpc) is 3.22. The van der Waals surface area contributed by atoms with Crippen molar-refractivity contribution in [2.75, 3.05) is 18.5 Å². The molecule has 0 spiro atoms. The van der Waals surface area contributed by atoms with E-state index < -0.39 is 0 Å². The third-order valence-electron chi connectivity index (χ3n) is 4.14. The van der Waals surface area contributed by atoms with Gasteiger partial charge in [-0.3, -0.25) is 0 Å². The van der Waals surface area contributed by atoms with E-state index in [1.165, 1.54) is 11.1 Å². The summed E-state index contributed by atoms with van der Waals surface area (Å²) < 4.78 is 11.6. The minimum atomic E-state index is 0.248. The summed E-state index contributed by atoms with van der Waals surface area (Å²) >= 11 is 6.55. The number of benzene rings is 2. The van der Waals surface area contributed by atoms with Crippen molar-refractivity contribution in [1.29, 1.82) is 0 Å². The van der Waals surface area contributed by atoms with Crippen molar-refractivity contribution in [3.8, 4) is 22.6 Å². The first kappa shape index (κ1) is 20.2. The van der Waals surface area contributed by atoms with Gasteiger partial charge < -0.3 is 20.5 Å². The molecule has 3 aromatic rings. The molecule has 28 heavy (non-hydrogen) atoms. The van der Waals surface area contributed by atoms with Gasteiger partial charge in [-0.25, -0.2) is 0 Å². The van der Waals surface area contributed by atoms with Crippen LogP contribution in [0.4, 0.5) is 5.69 Å². The Morgan fingerprint density at radius 2 is 1.64 bits per heavy atom. The van der Waals surface area contributed by atoms with Crippen LogP contribution < -0.4 is 20.5 Å². The SMILES string of the molecule is NC(=S)Nc1cccc(OCCCCCOc2ccc(-c3ccsc3)cc2)c1. The first-order valence-corrected chi connectivity index (χ1v) is 10.6. The van der Waals surface area contributed by atoms with E-state index in [0.29, 0.717) is 13.2 Å². The fraction of sp³-hybridized carbons (Fsp3) is 0.227. The molecule has 6 heteroatoms. The maximum absolute atomic E-state index is 5.83. The Bertz CT molecular complexity index is 865. The highest BCUT2D eigenvalue weighted by Gasteiger charge is 2.00. The van der Waals surface area contributed by atoms with Gasteiger partial charge in [-0.05, 0) is 83.7 Å². The Labute approximate surface area is 175 Å². The van der Waals surface area contributed by atoms with E-state index in [0.717, 1.165) is 36.4 Å². The first-order valence-electron chi connectivity index (χ1n) is 9.25. The van der Waals surface area contributed by atoms with Gasteiger partial charge in [-0.2, -0.15) is 11.3 Å². The molecule has 1 aromatic heterocycles. The van der Waals surface area contributed by atoms with Gasteiger partial charge in [-0.15, -0.1) is 0 Å². The Kier molecular flexibility index (Phi) is 7.70. The van der Waals surface area contributed by atoms with E-state index in [1.807, 2.05) is 36.4 Å². The molecule has 2 aromatic carbocycles. The van der Waals surface area contributed by atoms with Crippen LogP contribution in [-0.4, -0.2) is 18.3 Å². The molecular weight excluding hydrogens is 388 g/mol. The number of unbranched alkanes of at least 4 members (excludes halogenated alkanes) is 2. The van der Waals surface area contributed by atoms with Crippen molar-refractivity contribution in [3.63, 3.8) is 0 Å². The number of thiocarbonyl (C=S) groups is 1. The van der Waals surface area contributed by atoms with E-state index >= 15 is 0 Å². The largest absolute Gasteiger partial charge is 0.494 e. The van der Waals surface area contributed by atoms with Crippen molar-refractivity contribution in [2.45, 2.75) is 19.3 Å². The lowest BCUT2D eigenvalue weighted by molar-refractivity contribution is 0.279. The van der Waals surface area contributed by atoms with Crippen LogP contribution in [0.2, 0.25) is 0 Å². The summed E-state index contributed by atoms with van der Waals surface area (Å²) in [5.41, 5.74) is 8.79. The van der Waals surface area contributed by atoms with Crippen LogP contribution in [0.25, 0.3) is 11.1 Å². The van der Waals surface area contributed by atoms with E-state index in [-0.39, 0.29) is 5.11 Å². The molecule has 0 bridgehead atoms. The van der Waals surface area contributed by atoms with Gasteiger partial charge in [0.25, 0.3) is 0 Å². The van der Waals surface area contributed by atoms with Crippen LogP contribution in [0, 0.1) is 0 Å². The maximum Gasteiger partial charge on any atom is 0.168 e. The quantitative estimate of drug-likeness (QED) is 0.330. The van der Waals surface area contributed by atoms with Gasteiger partial charge in [0.05, 0.1) is 13.2 Å². The Morgan fingerprint density at radius 1 is 0.893 bits per heavy atom. The second kappa shape index (κ2) is 10.7. The van der Waals surface area contributed by atoms with E-state index in [2.05, 4.69) is 34.3 Å². The summed E-state index contributed by atoms with van der Waals surface area (Å²) in [4.78, 5) is 0. The molecule has 1 heterocycles. The number of rotatable bonds is 10. The number of anilines is 1. The third-order valence-corrected chi connectivity index (χ3v) is 4.92. The number of hydrogen-bond acceptors (Lipinski definition) is 4. The highest BCUT2D eigenvalue weighted by molar-refractivity contribution is 7.80. The zero-order valence-electron chi connectivity index (χ0n) is 15.6. The highest BCUT2D eigenvalue weighted by Crippen LogP contribution is 2.24. The van der Waals surface area contributed by atoms with Crippen molar-refractivity contribution < 1.29 is 9.47 Å². The molecule has 0 aliphatic carbocycles. The van der Waals surface area contributed by atoms with Gasteiger partial charge in [0.15, 0.2) is 5.11 Å². The topological polar surface area (TPSA) is 56.5 Å². The maximum atomic E-state index is 5.83. The summed E-state index contributed by atoms with van der Waals surface area (Å²) in [6.07, 6.45) is 3.03. The molecule has 0 amide bonds. The zero-order valence-corrected chi connectivity index (χ0v) is 17.2. The third kappa shape index (κ3) is 6.55. The molecule has 0 radical (unpaired) electrons. The molecule has 0 aliphatic heterocycles. The van der Waals surface area contributed by atoms with Crippen molar-refractivity contribution >= 4 is 34.4 Å². The Hall–Kier alpha value is -2.57. The van der Waals surface area contributed by atoms with E-state index in [4.69, 9.17) is 27.4 Å². The predicted octanol–water partition coefficient (Wildman–Crippen LogP) is 5.70. The minimum absolute atomic E-state index is 0.248. The molecule has 0 aliphatic rings. The minimum Gasteiger partial charge on any atom is -0.494 e. The normalized spacial score (nSPS) is 10.4. The fourth-order valence-electron chi connectivity index (χ4n) is 2.74. The lowest BCUT2D eigenvalue weighted by atomic mass is 10.1. The van der Waals surface area contributed by atoms with Gasteiger partial charge in [0, 0.05) is 11.8 Å². The second-order valence-electron chi connectivity index (χ2n) is 6.31. The number of hydrogen-bond donors (Lipinski definition) is 2. The van der Waals surface area contributed by atoms with E-state index in [1.54, 1.807) is 11.3 Å². The molecule has 0 atom stereocenters. The predicted molar refractivity (Wildman–Crippen MR) is 121 cm³/mol. The number of nitrogens with one attached hydrogen (secondary N) is 1. The summed E-state index contributed by atoms with van der Waals surface area (Å²) in [6.45, 7) is 1.39. The molecule has 146 valence electrons. The van der Waals surface area contributed by atoms with Gasteiger partial charge >= 0.3 is 0 Å². The number of ether oxygens (including phenoxy) is 2. The summed E-state index contributed by atoms with van der Waals surface area (Å²) in [7, 11) is 0. The van der Waals surface area contributed by atoms with Crippen LogP contribution in [0.3, 0.4) is 0 Å². The van der Waals surface area contributed by atoms with Gasteiger partial charge in [0.1, 0.15) is 11.5 Å².